The Morgan fingerprint density at radius 3 is 0.438 bits per heavy atom. The van der Waals surface area contributed by atoms with Gasteiger partial charge in [-0.25, -0.2) is 0 Å². The molecule has 0 bridgehead atoms. The maximum Gasteiger partial charge on any atom is 0.308 e. The van der Waals surface area contributed by atoms with Gasteiger partial charge in [0.2, 0.25) is 0 Å². The molecule has 0 aromatic rings. The Morgan fingerprint density at radius 1 is 0.172 bits per heavy atom. The molecule has 37 nitrogen and oxygen atoms in total. The van der Waals surface area contributed by atoms with E-state index in [2.05, 4.69) is 0 Å². The van der Waals surface area contributed by atoms with E-state index >= 15 is 0 Å². The molecule has 0 aliphatic rings. The van der Waals surface area contributed by atoms with E-state index in [4.69, 9.17) is 148 Å². The molecule has 0 saturated carbocycles. The van der Waals surface area contributed by atoms with Crippen molar-refractivity contribution in [2.45, 2.75) is 166 Å². The fourth-order valence-electron chi connectivity index (χ4n) is 9.20. The Hall–Kier alpha value is -3.86. The van der Waals surface area contributed by atoms with Crippen molar-refractivity contribution in [3.8, 4) is 0 Å². The summed E-state index contributed by atoms with van der Waals surface area (Å²) >= 11 is 0. The highest BCUT2D eigenvalue weighted by Gasteiger charge is 2.14. The molecule has 128 heavy (non-hydrogen) atoms. The lowest BCUT2D eigenvalue weighted by Crippen LogP contribution is -2.18. The standard InChI is InChI=1S/C48H94O24.C29H56O11.2C7H14O/c1-3-46(2)48(51)72-45-44-71-43-42-70-41-40-69-39-38-68-37-36-67-35-34-66-33-32-65-31-30-64-29-28-63-27-26-62-25-24-61-23-22-60-21-20-59-19-18-58-17-16-57-15-14-56-13-12-55-11-10-54-9-8-53-7-6-52-5-4-47(49)50;1-3-27(2)29(32)40-25-10-24-38-21-8-20-36-17-6-16-34-13-4-12-33-14-5-15-35-18-7-19-37-22-9-23-39-26-11-28(30)31;2*1-4-6(3)7(8)5-2/h46H,3-45H2,1-2H3,(H,49,50);27H,3-26H2,1-2H3,(H,30,31);2*6H,4-5H2,1-3H3. The van der Waals surface area contributed by atoms with Crippen LogP contribution in [0.5, 0.6) is 0 Å². The Morgan fingerprint density at radius 2 is 0.297 bits per heavy atom. The molecule has 4 atom stereocenters. The van der Waals surface area contributed by atoms with E-state index in [1.807, 2.05) is 69.2 Å². The van der Waals surface area contributed by atoms with E-state index in [1.165, 1.54) is 0 Å². The average molecular weight is 1860 g/mol. The normalized spacial score (nSPS) is 12.2. The SMILES string of the molecule is CCC(=O)C(C)CC.CCC(=O)C(C)CC.CCC(C)C(=O)OCCCOCCCOCCCOCCCOCCCOCCCOCCCOCCC(=O)O.CCC(C)C(=O)OCCOCCOCCOCCOCCOCCOCCOCCOCCOCCOCCOCCOCCOCCOCCOCCOCCOCCOCCOCCOCCC(=O)O. The van der Waals surface area contributed by atoms with Crippen LogP contribution in [-0.4, -0.2) is 416 Å². The van der Waals surface area contributed by atoms with E-state index < -0.39 is 11.9 Å². The van der Waals surface area contributed by atoms with E-state index in [1.54, 1.807) is 0 Å². The highest BCUT2D eigenvalue weighted by molar-refractivity contribution is 5.80. The van der Waals surface area contributed by atoms with Gasteiger partial charge in [0, 0.05) is 117 Å². The molecule has 764 valence electrons. The summed E-state index contributed by atoms with van der Waals surface area (Å²) in [6.45, 7) is 47.2. The van der Waals surface area contributed by atoms with Crippen LogP contribution in [0.3, 0.4) is 0 Å². The van der Waals surface area contributed by atoms with Crippen LogP contribution in [0, 0.1) is 23.7 Å². The zero-order valence-electron chi connectivity index (χ0n) is 80.7. The molecular weight excluding hydrogens is 1680 g/mol. The summed E-state index contributed by atoms with van der Waals surface area (Å²) in [4.78, 5) is 65.3. The maximum atomic E-state index is 11.6. The summed E-state index contributed by atoms with van der Waals surface area (Å²) in [7, 11) is 0. The minimum absolute atomic E-state index is 0.00951. The lowest BCUT2D eigenvalue weighted by Gasteiger charge is -2.10. The molecule has 0 amide bonds. The Balaban J connectivity index is -0.00000113. The quantitative estimate of drug-likeness (QED) is 0.0423. The number of esters is 2. The highest BCUT2D eigenvalue weighted by Crippen LogP contribution is 2.07. The van der Waals surface area contributed by atoms with Gasteiger partial charge in [0.25, 0.3) is 0 Å². The first-order chi connectivity index (χ1) is 62.6. The molecule has 0 spiro atoms. The average Bonchev–Trinajstić information content (AvgIpc) is 1.01. The third kappa shape index (κ3) is 116. The van der Waals surface area contributed by atoms with Crippen molar-refractivity contribution in [2.24, 2.45) is 23.7 Å². The van der Waals surface area contributed by atoms with Gasteiger partial charge in [0.15, 0.2) is 0 Å². The van der Waals surface area contributed by atoms with Crippen LogP contribution in [0.4, 0.5) is 0 Å². The number of Topliss-reactive ketones (excluding diaryl/α,β-unsaturated/α-hetero) is 2. The fourth-order valence-corrected chi connectivity index (χ4v) is 9.20. The van der Waals surface area contributed by atoms with E-state index in [9.17, 15) is 28.8 Å². The maximum absolute atomic E-state index is 11.6. The number of aliphatic carboxylic acids is 2. The van der Waals surface area contributed by atoms with Crippen molar-refractivity contribution >= 4 is 35.4 Å². The number of carbonyl (C=O) groups is 6. The number of carbonyl (C=O) groups excluding carboxylic acids is 4. The third-order valence-corrected chi connectivity index (χ3v) is 17.7. The molecule has 0 aliphatic heterocycles. The first-order valence-corrected chi connectivity index (χ1v) is 47.0. The van der Waals surface area contributed by atoms with Gasteiger partial charge in [-0.05, 0) is 64.2 Å². The second kappa shape index (κ2) is 115. The number of carboxylic acids is 2. The minimum Gasteiger partial charge on any atom is -0.481 e. The zero-order chi connectivity index (χ0) is 94.5. The second-order valence-electron chi connectivity index (χ2n) is 28.5. The predicted molar refractivity (Wildman–Crippen MR) is 479 cm³/mol. The van der Waals surface area contributed by atoms with Gasteiger partial charge in [-0.3, -0.25) is 28.8 Å². The van der Waals surface area contributed by atoms with Gasteiger partial charge in [-0.2, -0.15) is 0 Å². The number of hydrogen-bond acceptors (Lipinski definition) is 35. The van der Waals surface area contributed by atoms with Gasteiger partial charge in [0.05, 0.1) is 302 Å². The van der Waals surface area contributed by atoms with Crippen LogP contribution in [0.25, 0.3) is 0 Å². The van der Waals surface area contributed by atoms with Crippen LogP contribution in [0.1, 0.15) is 166 Å². The molecule has 37 heteroatoms. The summed E-state index contributed by atoms with van der Waals surface area (Å²) in [6, 6.07) is 0. The van der Waals surface area contributed by atoms with Gasteiger partial charge in [-0.15, -0.1) is 0 Å². The first kappa shape index (κ1) is 130. The summed E-state index contributed by atoms with van der Waals surface area (Å²) in [5.74, 6) is -0.841. The molecule has 2 N–H and O–H groups in total. The number of carboxylic acid groups (broad SMARTS) is 2. The van der Waals surface area contributed by atoms with Gasteiger partial charge < -0.3 is 148 Å². The Kier molecular flexibility index (Phi) is 118. The summed E-state index contributed by atoms with van der Waals surface area (Å²) in [5, 5.41) is 17.0. The van der Waals surface area contributed by atoms with Gasteiger partial charge in [-0.1, -0.05) is 69.2 Å². The molecule has 0 aromatic heterocycles. The van der Waals surface area contributed by atoms with Crippen LogP contribution < -0.4 is 0 Å². The van der Waals surface area contributed by atoms with Gasteiger partial charge in [0.1, 0.15) is 18.2 Å². The minimum atomic E-state index is -0.880. The molecule has 0 aromatic carbocycles. The molecule has 4 unspecified atom stereocenters. The van der Waals surface area contributed by atoms with E-state index in [0.717, 1.165) is 70.6 Å². The Bertz CT molecular complexity index is 2200. The summed E-state index contributed by atoms with van der Waals surface area (Å²) in [5.41, 5.74) is 0. The third-order valence-electron chi connectivity index (χ3n) is 17.7. The van der Waals surface area contributed by atoms with Crippen LogP contribution >= 0.6 is 0 Å². The van der Waals surface area contributed by atoms with Crippen LogP contribution in [0.2, 0.25) is 0 Å². The molecule has 0 saturated heterocycles. The van der Waals surface area contributed by atoms with Crippen LogP contribution in [0.15, 0.2) is 0 Å². The topological polar surface area (TPSA) is 411 Å². The Labute approximate surface area is 767 Å². The first-order valence-electron chi connectivity index (χ1n) is 47.0. The smallest absolute Gasteiger partial charge is 0.308 e. The van der Waals surface area contributed by atoms with Crippen molar-refractivity contribution < 1.29 is 176 Å². The van der Waals surface area contributed by atoms with Crippen molar-refractivity contribution in [2.75, 3.05) is 370 Å². The number of ether oxygens (including phenoxy) is 29. The molecule has 0 heterocycles. The molecular formula is C91H178O37. The van der Waals surface area contributed by atoms with Crippen molar-refractivity contribution in [3.05, 3.63) is 0 Å². The van der Waals surface area contributed by atoms with E-state index in [-0.39, 0.29) is 68.3 Å². The fraction of sp³-hybridized carbons (Fsp3) is 0.934. The molecule has 0 fully saturated rings. The van der Waals surface area contributed by atoms with Crippen molar-refractivity contribution in [1.29, 1.82) is 0 Å². The molecule has 0 aliphatic carbocycles. The monoisotopic (exact) mass is 1860 g/mol. The predicted octanol–water partition coefficient (Wildman–Crippen LogP) is 9.30. The molecule has 0 rings (SSSR count). The highest BCUT2D eigenvalue weighted by atomic mass is 16.6. The largest absolute Gasteiger partial charge is 0.481 e. The lowest BCUT2D eigenvalue weighted by atomic mass is 10.0. The van der Waals surface area contributed by atoms with E-state index in [0.29, 0.717) is 375 Å². The van der Waals surface area contributed by atoms with Crippen molar-refractivity contribution in [1.82, 2.24) is 0 Å². The summed E-state index contributed by atoms with van der Waals surface area (Å²) in [6.07, 6.45) is 10.7. The zero-order valence-corrected chi connectivity index (χ0v) is 80.7. The number of hydrogen-bond donors (Lipinski definition) is 2. The van der Waals surface area contributed by atoms with Crippen LogP contribution in [-0.2, 0) is 166 Å². The summed E-state index contributed by atoms with van der Waals surface area (Å²) < 4.78 is 158. The van der Waals surface area contributed by atoms with Gasteiger partial charge >= 0.3 is 23.9 Å². The van der Waals surface area contributed by atoms with Crippen molar-refractivity contribution in [3.63, 3.8) is 0 Å². The molecule has 0 radical (unpaired) electrons. The second-order valence-corrected chi connectivity index (χ2v) is 28.5. The lowest BCUT2D eigenvalue weighted by molar-refractivity contribution is -0.150. The number of ketones is 2. The number of rotatable bonds is 104.